The number of carboxylic acid groups (broad SMARTS) is 1. The van der Waals surface area contributed by atoms with Crippen molar-refractivity contribution in [2.75, 3.05) is 5.32 Å². The van der Waals surface area contributed by atoms with Crippen molar-refractivity contribution in [1.29, 1.82) is 0 Å². The van der Waals surface area contributed by atoms with E-state index in [1.165, 1.54) is 17.1 Å². The summed E-state index contributed by atoms with van der Waals surface area (Å²) in [5.41, 5.74) is 0.272. The van der Waals surface area contributed by atoms with E-state index in [1.807, 2.05) is 23.8 Å². The molecular formula is C14H17N3O3S. The maximum absolute atomic E-state index is 12.1. The Labute approximate surface area is 126 Å². The quantitative estimate of drug-likeness (QED) is 0.889. The SMILES string of the molecule is CC(C(=O)Nc1cnn(C(C)(C)C(=O)O)c1)c1ccsc1. The summed E-state index contributed by atoms with van der Waals surface area (Å²) in [6, 6.07) is 1.91. The lowest BCUT2D eigenvalue weighted by Crippen LogP contribution is -2.35. The van der Waals surface area contributed by atoms with Gasteiger partial charge in [-0.25, -0.2) is 4.79 Å². The van der Waals surface area contributed by atoms with E-state index >= 15 is 0 Å². The van der Waals surface area contributed by atoms with Crippen molar-refractivity contribution in [3.63, 3.8) is 0 Å². The van der Waals surface area contributed by atoms with Crippen molar-refractivity contribution in [3.05, 3.63) is 34.8 Å². The van der Waals surface area contributed by atoms with Gasteiger partial charge in [0.05, 0.1) is 17.8 Å². The molecule has 0 radical (unpaired) electrons. The topological polar surface area (TPSA) is 84.2 Å². The molecule has 0 bridgehead atoms. The van der Waals surface area contributed by atoms with Crippen LogP contribution < -0.4 is 5.32 Å². The standard InChI is InChI=1S/C14H17N3O3S/c1-9(10-4-5-21-8-10)12(18)16-11-6-15-17(7-11)14(2,3)13(19)20/h4-9H,1-3H3,(H,16,18)(H,19,20). The van der Waals surface area contributed by atoms with Crippen LogP contribution in [0.5, 0.6) is 0 Å². The highest BCUT2D eigenvalue weighted by atomic mass is 32.1. The van der Waals surface area contributed by atoms with Crippen LogP contribution >= 0.6 is 11.3 Å². The van der Waals surface area contributed by atoms with Gasteiger partial charge in [0.1, 0.15) is 0 Å². The fraction of sp³-hybridized carbons (Fsp3) is 0.357. The fourth-order valence-electron chi connectivity index (χ4n) is 1.71. The van der Waals surface area contributed by atoms with Crippen LogP contribution in [0.1, 0.15) is 32.3 Å². The second-order valence-corrected chi connectivity index (χ2v) is 6.09. The minimum atomic E-state index is -1.16. The maximum atomic E-state index is 12.1. The molecular weight excluding hydrogens is 290 g/mol. The Morgan fingerprint density at radius 2 is 2.19 bits per heavy atom. The summed E-state index contributed by atoms with van der Waals surface area (Å²) in [6.07, 6.45) is 2.97. The second kappa shape index (κ2) is 5.69. The number of carbonyl (C=O) groups is 2. The van der Waals surface area contributed by atoms with Gasteiger partial charge in [-0.1, -0.05) is 0 Å². The van der Waals surface area contributed by atoms with Crippen molar-refractivity contribution in [1.82, 2.24) is 9.78 Å². The number of nitrogens with zero attached hydrogens (tertiary/aromatic N) is 2. The first-order valence-electron chi connectivity index (χ1n) is 6.44. The van der Waals surface area contributed by atoms with Gasteiger partial charge in [0, 0.05) is 6.20 Å². The third-order valence-corrected chi connectivity index (χ3v) is 4.08. The van der Waals surface area contributed by atoms with Crippen molar-refractivity contribution in [2.45, 2.75) is 32.2 Å². The number of hydrogen-bond donors (Lipinski definition) is 2. The number of nitrogens with one attached hydrogen (secondary N) is 1. The molecule has 0 aliphatic carbocycles. The van der Waals surface area contributed by atoms with Gasteiger partial charge in [0.2, 0.25) is 5.91 Å². The van der Waals surface area contributed by atoms with Gasteiger partial charge in [-0.2, -0.15) is 16.4 Å². The van der Waals surface area contributed by atoms with Gasteiger partial charge < -0.3 is 10.4 Å². The fourth-order valence-corrected chi connectivity index (χ4v) is 2.47. The molecule has 0 fully saturated rings. The molecule has 0 aromatic carbocycles. The molecule has 112 valence electrons. The number of aromatic nitrogens is 2. The minimum Gasteiger partial charge on any atom is -0.479 e. The van der Waals surface area contributed by atoms with Crippen molar-refractivity contribution < 1.29 is 14.7 Å². The first-order valence-corrected chi connectivity index (χ1v) is 7.38. The molecule has 2 aromatic rings. The van der Waals surface area contributed by atoms with Gasteiger partial charge in [-0.15, -0.1) is 0 Å². The van der Waals surface area contributed by atoms with Gasteiger partial charge in [0.15, 0.2) is 5.54 Å². The number of amides is 1. The van der Waals surface area contributed by atoms with E-state index in [-0.39, 0.29) is 11.8 Å². The largest absolute Gasteiger partial charge is 0.479 e. The van der Waals surface area contributed by atoms with Gasteiger partial charge in [-0.05, 0) is 43.2 Å². The first kappa shape index (κ1) is 15.2. The molecule has 0 aliphatic heterocycles. The Kier molecular flexibility index (Phi) is 4.13. The minimum absolute atomic E-state index is 0.152. The zero-order valence-corrected chi connectivity index (χ0v) is 12.8. The number of anilines is 1. The highest BCUT2D eigenvalue weighted by Gasteiger charge is 2.30. The van der Waals surface area contributed by atoms with E-state index < -0.39 is 11.5 Å². The van der Waals surface area contributed by atoms with Crippen molar-refractivity contribution >= 4 is 28.9 Å². The predicted molar refractivity (Wildman–Crippen MR) is 80.5 cm³/mol. The molecule has 0 spiro atoms. The van der Waals surface area contributed by atoms with Crippen LogP contribution in [0, 0.1) is 0 Å². The van der Waals surface area contributed by atoms with Gasteiger partial charge in [-0.3, -0.25) is 9.48 Å². The van der Waals surface area contributed by atoms with Crippen LogP contribution in [-0.2, 0) is 15.1 Å². The molecule has 1 amide bonds. The summed E-state index contributed by atoms with van der Waals surface area (Å²) in [4.78, 5) is 23.3. The summed E-state index contributed by atoms with van der Waals surface area (Å²) < 4.78 is 1.32. The van der Waals surface area contributed by atoms with Gasteiger partial charge in [0.25, 0.3) is 0 Å². The molecule has 0 saturated carbocycles. The molecule has 1 atom stereocenters. The van der Waals surface area contributed by atoms with Crippen molar-refractivity contribution in [2.24, 2.45) is 0 Å². The molecule has 21 heavy (non-hydrogen) atoms. The van der Waals surface area contributed by atoms with Crippen LogP contribution in [0.2, 0.25) is 0 Å². The molecule has 2 aromatic heterocycles. The zero-order chi connectivity index (χ0) is 15.6. The summed E-state index contributed by atoms with van der Waals surface area (Å²) >= 11 is 1.54. The Balaban J connectivity index is 2.09. The van der Waals surface area contributed by atoms with E-state index in [1.54, 1.807) is 25.2 Å². The third-order valence-electron chi connectivity index (χ3n) is 3.38. The molecule has 2 N–H and O–H groups in total. The average molecular weight is 307 g/mol. The third kappa shape index (κ3) is 3.13. The van der Waals surface area contributed by atoms with E-state index in [2.05, 4.69) is 10.4 Å². The number of hydrogen-bond acceptors (Lipinski definition) is 4. The molecule has 0 aliphatic rings. The number of carboxylic acids is 1. The smallest absolute Gasteiger partial charge is 0.331 e. The van der Waals surface area contributed by atoms with E-state index in [0.29, 0.717) is 5.69 Å². The molecule has 0 saturated heterocycles. The highest BCUT2D eigenvalue weighted by molar-refractivity contribution is 7.08. The highest BCUT2D eigenvalue weighted by Crippen LogP contribution is 2.21. The van der Waals surface area contributed by atoms with Gasteiger partial charge >= 0.3 is 5.97 Å². The number of rotatable bonds is 5. The average Bonchev–Trinajstić information content (AvgIpc) is 3.08. The molecule has 1 unspecified atom stereocenters. The summed E-state index contributed by atoms with van der Waals surface area (Å²) in [5.74, 6) is -1.41. The van der Waals surface area contributed by atoms with Crippen molar-refractivity contribution in [3.8, 4) is 0 Å². The Morgan fingerprint density at radius 1 is 1.48 bits per heavy atom. The predicted octanol–water partition coefficient (Wildman–Crippen LogP) is 2.51. The maximum Gasteiger partial charge on any atom is 0.331 e. The van der Waals surface area contributed by atoms with Crippen LogP contribution in [0.4, 0.5) is 5.69 Å². The molecule has 2 rings (SSSR count). The number of carbonyl (C=O) groups excluding carboxylic acids is 1. The van der Waals surface area contributed by atoms with Crippen LogP contribution in [0.25, 0.3) is 0 Å². The Bertz CT molecular complexity index is 646. The van der Waals surface area contributed by atoms with E-state index in [9.17, 15) is 9.59 Å². The Hall–Kier alpha value is -2.15. The summed E-state index contributed by atoms with van der Waals surface area (Å²) in [7, 11) is 0. The molecule has 2 heterocycles. The number of thiophene rings is 1. The first-order chi connectivity index (χ1) is 9.82. The molecule has 6 nitrogen and oxygen atoms in total. The second-order valence-electron chi connectivity index (χ2n) is 5.31. The van der Waals surface area contributed by atoms with Crippen LogP contribution in [-0.4, -0.2) is 26.8 Å². The lowest BCUT2D eigenvalue weighted by atomic mass is 10.0. The molecule has 7 heteroatoms. The van der Waals surface area contributed by atoms with Crippen LogP contribution in [0.3, 0.4) is 0 Å². The lowest BCUT2D eigenvalue weighted by Gasteiger charge is -2.19. The number of aliphatic carboxylic acids is 1. The lowest BCUT2D eigenvalue weighted by molar-refractivity contribution is -0.146. The normalized spacial score (nSPS) is 12.9. The van der Waals surface area contributed by atoms with Crippen LogP contribution in [0.15, 0.2) is 29.2 Å². The zero-order valence-electron chi connectivity index (χ0n) is 12.0. The Morgan fingerprint density at radius 3 is 2.76 bits per heavy atom. The monoisotopic (exact) mass is 307 g/mol. The summed E-state index contributed by atoms with van der Waals surface area (Å²) in [6.45, 7) is 4.91. The van der Waals surface area contributed by atoms with E-state index in [0.717, 1.165) is 5.56 Å². The van der Waals surface area contributed by atoms with E-state index in [4.69, 9.17) is 5.11 Å². The summed E-state index contributed by atoms with van der Waals surface area (Å²) in [5, 5.41) is 19.8.